The second-order valence-corrected chi connectivity index (χ2v) is 5.67. The number of carbonyl (C=O) groups excluding carboxylic acids is 1. The molecule has 0 fully saturated rings. The fourth-order valence-corrected chi connectivity index (χ4v) is 2.45. The number of carbonyl (C=O) groups is 1. The van der Waals surface area contributed by atoms with Crippen molar-refractivity contribution in [2.24, 2.45) is 0 Å². The molecule has 0 radical (unpaired) electrons. The Hall–Kier alpha value is -0.680. The fraction of sp³-hybridized carbons (Fsp3) is 0.400. The van der Waals surface area contributed by atoms with Crippen LogP contribution >= 0.6 is 27.3 Å². The third kappa shape index (κ3) is 2.46. The van der Waals surface area contributed by atoms with Crippen LogP contribution < -0.4 is 0 Å². The molecule has 0 bridgehead atoms. The molecule has 2 rings (SSSR count). The van der Waals surface area contributed by atoms with Crippen LogP contribution in [0.3, 0.4) is 0 Å². The first kappa shape index (κ1) is 10.8. The van der Waals surface area contributed by atoms with Crippen LogP contribution in [0.4, 0.5) is 0 Å². The lowest BCUT2D eigenvalue weighted by Gasteiger charge is -2.24. The highest BCUT2D eigenvalue weighted by molar-refractivity contribution is 9.11. The normalized spacial score (nSPS) is 16.4. The van der Waals surface area contributed by atoms with Gasteiger partial charge in [-0.15, -0.1) is 11.3 Å². The van der Waals surface area contributed by atoms with E-state index in [-0.39, 0.29) is 5.91 Å². The molecule has 1 aromatic heterocycles. The highest BCUT2D eigenvalue weighted by Crippen LogP contribution is 2.18. The van der Waals surface area contributed by atoms with Gasteiger partial charge in [0.1, 0.15) is 5.69 Å². The van der Waals surface area contributed by atoms with Crippen molar-refractivity contribution in [2.45, 2.75) is 13.3 Å². The number of halogens is 1. The van der Waals surface area contributed by atoms with Crippen LogP contribution in [0.2, 0.25) is 0 Å². The molecule has 2 heterocycles. The van der Waals surface area contributed by atoms with Gasteiger partial charge in [0.15, 0.2) is 3.92 Å². The van der Waals surface area contributed by atoms with Crippen LogP contribution in [0.1, 0.15) is 23.8 Å². The van der Waals surface area contributed by atoms with E-state index in [1.165, 1.54) is 16.9 Å². The molecule has 0 aliphatic carbocycles. The Morgan fingerprint density at radius 2 is 2.47 bits per heavy atom. The Balaban J connectivity index is 2.09. The Kier molecular flexibility index (Phi) is 3.21. The molecule has 0 saturated heterocycles. The molecule has 0 atom stereocenters. The first-order valence-corrected chi connectivity index (χ1v) is 6.40. The molecule has 1 aromatic rings. The number of amides is 1. The fourth-order valence-electron chi connectivity index (χ4n) is 1.47. The minimum atomic E-state index is 0.0284. The molecule has 3 nitrogen and oxygen atoms in total. The number of rotatable bonds is 1. The van der Waals surface area contributed by atoms with E-state index in [4.69, 9.17) is 0 Å². The first-order chi connectivity index (χ1) is 7.16. The SMILES string of the molecule is CC1=CCN(C(=O)c2csc(Br)n2)CC1. The minimum Gasteiger partial charge on any atom is -0.333 e. The zero-order chi connectivity index (χ0) is 10.8. The van der Waals surface area contributed by atoms with E-state index in [1.807, 2.05) is 4.90 Å². The molecule has 80 valence electrons. The monoisotopic (exact) mass is 286 g/mol. The van der Waals surface area contributed by atoms with Gasteiger partial charge in [-0.05, 0) is 29.3 Å². The maximum absolute atomic E-state index is 11.9. The van der Waals surface area contributed by atoms with Gasteiger partial charge in [-0.25, -0.2) is 4.98 Å². The quantitative estimate of drug-likeness (QED) is 0.744. The molecule has 0 N–H and O–H groups in total. The van der Waals surface area contributed by atoms with Gasteiger partial charge in [-0.3, -0.25) is 4.79 Å². The Labute approximate surface area is 101 Å². The van der Waals surface area contributed by atoms with E-state index in [9.17, 15) is 4.79 Å². The van der Waals surface area contributed by atoms with Gasteiger partial charge in [0, 0.05) is 18.5 Å². The minimum absolute atomic E-state index is 0.0284. The maximum Gasteiger partial charge on any atom is 0.273 e. The van der Waals surface area contributed by atoms with Gasteiger partial charge < -0.3 is 4.90 Å². The lowest BCUT2D eigenvalue weighted by Crippen LogP contribution is -2.34. The van der Waals surface area contributed by atoms with Crippen LogP contribution in [-0.2, 0) is 0 Å². The van der Waals surface area contributed by atoms with Crippen LogP contribution in [0.25, 0.3) is 0 Å². The number of hydrogen-bond donors (Lipinski definition) is 0. The Morgan fingerprint density at radius 3 is 3.00 bits per heavy atom. The van der Waals surface area contributed by atoms with Crippen molar-refractivity contribution >= 4 is 33.2 Å². The Morgan fingerprint density at radius 1 is 1.67 bits per heavy atom. The van der Waals surface area contributed by atoms with Crippen molar-refractivity contribution in [3.05, 3.63) is 26.6 Å². The summed E-state index contributed by atoms with van der Waals surface area (Å²) in [5.41, 5.74) is 1.90. The predicted molar refractivity (Wildman–Crippen MR) is 64.1 cm³/mol. The van der Waals surface area contributed by atoms with Gasteiger partial charge in [0.2, 0.25) is 0 Å². The van der Waals surface area contributed by atoms with Gasteiger partial charge in [0.25, 0.3) is 5.91 Å². The second-order valence-electron chi connectivity index (χ2n) is 3.54. The van der Waals surface area contributed by atoms with Crippen LogP contribution in [0.15, 0.2) is 20.9 Å². The molecule has 0 spiro atoms. The smallest absolute Gasteiger partial charge is 0.273 e. The summed E-state index contributed by atoms with van der Waals surface area (Å²) in [6.45, 7) is 3.61. The lowest BCUT2D eigenvalue weighted by molar-refractivity contribution is 0.0764. The van der Waals surface area contributed by atoms with Crippen molar-refractivity contribution in [1.29, 1.82) is 0 Å². The maximum atomic E-state index is 11.9. The summed E-state index contributed by atoms with van der Waals surface area (Å²) in [5.74, 6) is 0.0284. The van der Waals surface area contributed by atoms with E-state index in [0.717, 1.165) is 16.9 Å². The molecular weight excluding hydrogens is 276 g/mol. The van der Waals surface area contributed by atoms with Crippen molar-refractivity contribution < 1.29 is 4.79 Å². The highest BCUT2D eigenvalue weighted by atomic mass is 79.9. The van der Waals surface area contributed by atoms with E-state index in [1.54, 1.807) is 5.38 Å². The molecular formula is C10H11BrN2OS. The lowest BCUT2D eigenvalue weighted by atomic mass is 10.1. The van der Waals surface area contributed by atoms with E-state index in [0.29, 0.717) is 12.2 Å². The Bertz CT molecular complexity index is 413. The van der Waals surface area contributed by atoms with Crippen LogP contribution in [-0.4, -0.2) is 28.9 Å². The zero-order valence-electron chi connectivity index (χ0n) is 8.36. The molecule has 1 aliphatic rings. The molecule has 5 heteroatoms. The van der Waals surface area contributed by atoms with Gasteiger partial charge in [-0.1, -0.05) is 11.6 Å². The summed E-state index contributed by atoms with van der Waals surface area (Å²) < 4.78 is 0.759. The standard InChI is InChI=1S/C10H11BrN2OS/c1-7-2-4-13(5-3-7)9(14)8-6-15-10(11)12-8/h2,6H,3-5H2,1H3. The number of hydrogen-bond acceptors (Lipinski definition) is 3. The first-order valence-electron chi connectivity index (χ1n) is 4.73. The summed E-state index contributed by atoms with van der Waals surface area (Å²) >= 11 is 4.70. The number of thiazole rings is 1. The van der Waals surface area contributed by atoms with Crippen molar-refractivity contribution in [3.8, 4) is 0 Å². The van der Waals surface area contributed by atoms with E-state index in [2.05, 4.69) is 33.9 Å². The topological polar surface area (TPSA) is 33.2 Å². The van der Waals surface area contributed by atoms with Gasteiger partial charge in [-0.2, -0.15) is 0 Å². The average Bonchev–Trinajstić information content (AvgIpc) is 2.65. The van der Waals surface area contributed by atoms with Crippen molar-refractivity contribution in [2.75, 3.05) is 13.1 Å². The van der Waals surface area contributed by atoms with E-state index >= 15 is 0 Å². The third-order valence-corrected chi connectivity index (χ3v) is 3.78. The zero-order valence-corrected chi connectivity index (χ0v) is 10.8. The van der Waals surface area contributed by atoms with E-state index < -0.39 is 0 Å². The van der Waals surface area contributed by atoms with Crippen LogP contribution in [0, 0.1) is 0 Å². The second kappa shape index (κ2) is 4.45. The van der Waals surface area contributed by atoms with Crippen molar-refractivity contribution in [3.63, 3.8) is 0 Å². The predicted octanol–water partition coefficient (Wildman–Crippen LogP) is 2.70. The van der Waals surface area contributed by atoms with Crippen LogP contribution in [0.5, 0.6) is 0 Å². The van der Waals surface area contributed by atoms with Gasteiger partial charge >= 0.3 is 0 Å². The molecule has 15 heavy (non-hydrogen) atoms. The summed E-state index contributed by atoms with van der Waals surface area (Å²) in [5, 5.41) is 1.79. The molecule has 0 aromatic carbocycles. The highest BCUT2D eigenvalue weighted by Gasteiger charge is 2.19. The summed E-state index contributed by atoms with van der Waals surface area (Å²) in [6.07, 6.45) is 3.07. The largest absolute Gasteiger partial charge is 0.333 e. The van der Waals surface area contributed by atoms with Gasteiger partial charge in [0.05, 0.1) is 0 Å². The number of aromatic nitrogens is 1. The molecule has 1 amide bonds. The number of nitrogens with zero attached hydrogens (tertiary/aromatic N) is 2. The molecule has 0 unspecified atom stereocenters. The third-order valence-electron chi connectivity index (χ3n) is 2.42. The summed E-state index contributed by atoms with van der Waals surface area (Å²) in [4.78, 5) is 17.9. The molecule has 0 saturated carbocycles. The average molecular weight is 287 g/mol. The summed E-state index contributed by atoms with van der Waals surface area (Å²) in [6, 6.07) is 0. The molecule has 1 aliphatic heterocycles. The summed E-state index contributed by atoms with van der Waals surface area (Å²) in [7, 11) is 0. The van der Waals surface area contributed by atoms with Crippen molar-refractivity contribution in [1.82, 2.24) is 9.88 Å².